The highest BCUT2D eigenvalue weighted by atomic mass is 16.4. The van der Waals surface area contributed by atoms with Gasteiger partial charge in [0.05, 0.1) is 12.7 Å². The Morgan fingerprint density at radius 2 is 2.22 bits per heavy atom. The first-order valence-corrected chi connectivity index (χ1v) is 6.01. The molecule has 1 unspecified atom stereocenters. The molecule has 0 aliphatic carbocycles. The van der Waals surface area contributed by atoms with Gasteiger partial charge in [-0.05, 0) is 13.8 Å². The van der Waals surface area contributed by atoms with Crippen LogP contribution in [0, 0.1) is 0 Å². The molecule has 0 spiro atoms. The van der Waals surface area contributed by atoms with Gasteiger partial charge in [-0.3, -0.25) is 9.59 Å². The predicted molar refractivity (Wildman–Crippen MR) is 65.9 cm³/mol. The number of rotatable bonds is 7. The van der Waals surface area contributed by atoms with Crippen molar-refractivity contribution in [1.82, 2.24) is 14.5 Å². The minimum Gasteiger partial charge on any atom is -0.481 e. The second-order valence-electron chi connectivity index (χ2n) is 4.18. The number of imidazole rings is 1. The lowest BCUT2D eigenvalue weighted by atomic mass is 10.2. The number of aromatic nitrogens is 2. The van der Waals surface area contributed by atoms with E-state index in [4.69, 9.17) is 5.11 Å². The Kier molecular flexibility index (Phi) is 5.35. The lowest BCUT2D eigenvalue weighted by molar-refractivity contribution is -0.140. The van der Waals surface area contributed by atoms with E-state index in [-0.39, 0.29) is 18.4 Å². The smallest absolute Gasteiger partial charge is 0.305 e. The number of carboxylic acids is 1. The van der Waals surface area contributed by atoms with Crippen molar-refractivity contribution in [2.75, 3.05) is 6.54 Å². The summed E-state index contributed by atoms with van der Waals surface area (Å²) in [6.45, 7) is 4.70. The molecule has 1 atom stereocenters. The van der Waals surface area contributed by atoms with Gasteiger partial charge in [0.25, 0.3) is 0 Å². The van der Waals surface area contributed by atoms with Crippen molar-refractivity contribution in [3.63, 3.8) is 0 Å². The summed E-state index contributed by atoms with van der Waals surface area (Å²) in [4.78, 5) is 28.1. The van der Waals surface area contributed by atoms with Crippen LogP contribution in [0.25, 0.3) is 0 Å². The van der Waals surface area contributed by atoms with Gasteiger partial charge < -0.3 is 14.6 Å². The molecule has 1 amide bonds. The molecule has 0 radical (unpaired) electrons. The average Bonchev–Trinajstić information content (AvgIpc) is 2.79. The van der Waals surface area contributed by atoms with Crippen molar-refractivity contribution in [2.24, 2.45) is 0 Å². The number of hydrogen-bond acceptors (Lipinski definition) is 3. The maximum Gasteiger partial charge on any atom is 0.305 e. The summed E-state index contributed by atoms with van der Waals surface area (Å²) < 4.78 is 1.83. The fourth-order valence-electron chi connectivity index (χ4n) is 1.88. The number of aliphatic carboxylic acids is 1. The highest BCUT2D eigenvalue weighted by molar-refractivity contribution is 5.77. The lowest BCUT2D eigenvalue weighted by Gasteiger charge is -2.27. The quantitative estimate of drug-likeness (QED) is 0.786. The van der Waals surface area contributed by atoms with E-state index in [0.29, 0.717) is 19.5 Å². The summed E-state index contributed by atoms with van der Waals surface area (Å²) in [6.07, 6.45) is 5.45. The Bertz CT molecular complexity index is 389. The van der Waals surface area contributed by atoms with Crippen LogP contribution in [-0.2, 0) is 16.1 Å². The van der Waals surface area contributed by atoms with Crippen molar-refractivity contribution in [3.05, 3.63) is 18.7 Å². The zero-order valence-corrected chi connectivity index (χ0v) is 10.7. The summed E-state index contributed by atoms with van der Waals surface area (Å²) in [7, 11) is 0. The van der Waals surface area contributed by atoms with E-state index in [9.17, 15) is 9.59 Å². The molecule has 0 saturated heterocycles. The van der Waals surface area contributed by atoms with Gasteiger partial charge in [-0.15, -0.1) is 0 Å². The van der Waals surface area contributed by atoms with Crippen molar-refractivity contribution >= 4 is 11.9 Å². The highest BCUT2D eigenvalue weighted by Crippen LogP contribution is 2.07. The predicted octanol–water partition coefficient (Wildman–Crippen LogP) is 0.985. The molecular formula is C12H19N3O3. The van der Waals surface area contributed by atoms with Crippen LogP contribution >= 0.6 is 0 Å². The second kappa shape index (κ2) is 6.78. The van der Waals surface area contributed by atoms with Gasteiger partial charge in [0.15, 0.2) is 0 Å². The lowest BCUT2D eigenvalue weighted by Crippen LogP contribution is -2.40. The van der Waals surface area contributed by atoms with Crippen LogP contribution in [0.4, 0.5) is 0 Å². The molecule has 1 N–H and O–H groups in total. The van der Waals surface area contributed by atoms with Crippen molar-refractivity contribution < 1.29 is 14.7 Å². The van der Waals surface area contributed by atoms with Crippen LogP contribution in [0.5, 0.6) is 0 Å². The Morgan fingerprint density at radius 1 is 1.50 bits per heavy atom. The van der Waals surface area contributed by atoms with Gasteiger partial charge in [-0.25, -0.2) is 4.98 Å². The largest absolute Gasteiger partial charge is 0.481 e. The Balaban J connectivity index is 2.48. The number of amides is 1. The third kappa shape index (κ3) is 4.20. The van der Waals surface area contributed by atoms with Gasteiger partial charge in [-0.1, -0.05) is 0 Å². The molecule has 0 aromatic carbocycles. The van der Waals surface area contributed by atoms with E-state index < -0.39 is 5.97 Å². The minimum atomic E-state index is -0.886. The standard InChI is InChI=1S/C12H19N3O3/c1-3-15(10(2)8-12(17)18)11(16)4-6-14-7-5-13-9-14/h5,7,9-10H,3-4,6,8H2,1-2H3,(H,17,18). The van der Waals surface area contributed by atoms with Gasteiger partial charge in [0, 0.05) is 37.9 Å². The van der Waals surface area contributed by atoms with Gasteiger partial charge in [-0.2, -0.15) is 0 Å². The van der Waals surface area contributed by atoms with Crippen LogP contribution < -0.4 is 0 Å². The summed E-state index contributed by atoms with van der Waals surface area (Å²) in [5, 5.41) is 8.74. The molecule has 0 bridgehead atoms. The maximum atomic E-state index is 12.0. The Labute approximate surface area is 106 Å². The molecule has 18 heavy (non-hydrogen) atoms. The fraction of sp³-hybridized carbons (Fsp3) is 0.583. The van der Waals surface area contributed by atoms with Crippen LogP contribution in [-0.4, -0.2) is 44.0 Å². The van der Waals surface area contributed by atoms with Crippen LogP contribution in [0.3, 0.4) is 0 Å². The van der Waals surface area contributed by atoms with Crippen LogP contribution in [0.1, 0.15) is 26.7 Å². The molecule has 1 heterocycles. The van der Waals surface area contributed by atoms with E-state index >= 15 is 0 Å². The normalized spacial score (nSPS) is 12.1. The van der Waals surface area contributed by atoms with E-state index in [2.05, 4.69) is 4.98 Å². The Morgan fingerprint density at radius 3 is 2.72 bits per heavy atom. The maximum absolute atomic E-state index is 12.0. The fourth-order valence-corrected chi connectivity index (χ4v) is 1.88. The molecule has 1 rings (SSSR count). The second-order valence-corrected chi connectivity index (χ2v) is 4.18. The first-order chi connectivity index (χ1) is 8.54. The zero-order chi connectivity index (χ0) is 13.5. The number of aryl methyl sites for hydroxylation is 1. The van der Waals surface area contributed by atoms with Gasteiger partial charge >= 0.3 is 5.97 Å². The summed E-state index contributed by atoms with van der Waals surface area (Å²) in [5.74, 6) is -0.914. The molecule has 1 aromatic heterocycles. The number of hydrogen-bond donors (Lipinski definition) is 1. The molecule has 0 aliphatic heterocycles. The average molecular weight is 253 g/mol. The first kappa shape index (κ1) is 14.2. The molecule has 0 fully saturated rings. The van der Waals surface area contributed by atoms with Gasteiger partial charge in [0.1, 0.15) is 0 Å². The van der Waals surface area contributed by atoms with Gasteiger partial charge in [0.2, 0.25) is 5.91 Å². The highest BCUT2D eigenvalue weighted by Gasteiger charge is 2.20. The number of carbonyl (C=O) groups is 2. The minimum absolute atomic E-state index is 0.0232. The third-order valence-corrected chi connectivity index (χ3v) is 2.81. The summed E-state index contributed by atoms with van der Waals surface area (Å²) >= 11 is 0. The molecule has 100 valence electrons. The van der Waals surface area contributed by atoms with E-state index in [1.807, 2.05) is 11.5 Å². The summed E-state index contributed by atoms with van der Waals surface area (Å²) in [5.41, 5.74) is 0. The number of carbonyl (C=O) groups excluding carboxylic acids is 1. The zero-order valence-electron chi connectivity index (χ0n) is 10.7. The van der Waals surface area contributed by atoms with Crippen LogP contribution in [0.15, 0.2) is 18.7 Å². The first-order valence-electron chi connectivity index (χ1n) is 6.01. The van der Waals surface area contributed by atoms with Crippen molar-refractivity contribution in [1.29, 1.82) is 0 Å². The van der Waals surface area contributed by atoms with E-state index in [0.717, 1.165) is 0 Å². The van der Waals surface area contributed by atoms with Crippen LogP contribution in [0.2, 0.25) is 0 Å². The number of carboxylic acid groups (broad SMARTS) is 1. The third-order valence-electron chi connectivity index (χ3n) is 2.81. The van der Waals surface area contributed by atoms with Crippen molar-refractivity contribution in [3.8, 4) is 0 Å². The molecule has 0 saturated carbocycles. The summed E-state index contributed by atoms with van der Waals surface area (Å²) in [6, 6.07) is -0.275. The molecular weight excluding hydrogens is 234 g/mol. The van der Waals surface area contributed by atoms with E-state index in [1.54, 1.807) is 30.5 Å². The Hall–Kier alpha value is -1.85. The molecule has 1 aromatic rings. The monoisotopic (exact) mass is 253 g/mol. The molecule has 0 aliphatic rings. The van der Waals surface area contributed by atoms with Crippen molar-refractivity contribution in [2.45, 2.75) is 39.3 Å². The molecule has 6 nitrogen and oxygen atoms in total. The SMILES string of the molecule is CCN(C(=O)CCn1ccnc1)C(C)CC(=O)O. The number of nitrogens with zero attached hydrogens (tertiary/aromatic N) is 3. The molecule has 6 heteroatoms. The topological polar surface area (TPSA) is 75.4 Å². The van der Waals surface area contributed by atoms with E-state index in [1.165, 1.54) is 0 Å².